The van der Waals surface area contributed by atoms with Crippen LogP contribution in [0.5, 0.6) is 0 Å². The summed E-state index contributed by atoms with van der Waals surface area (Å²) in [5.74, 6) is 0.449. The van der Waals surface area contributed by atoms with Crippen LogP contribution >= 0.6 is 0 Å². The second-order valence-electron chi connectivity index (χ2n) is 4.43. The third-order valence-corrected chi connectivity index (χ3v) is 3.00. The van der Waals surface area contributed by atoms with E-state index in [0.29, 0.717) is 16.9 Å². The SMILES string of the molecule is Nc1nc(N)c2c(C=CCc3ccccc3)coc2n1. The molecule has 0 saturated carbocycles. The lowest BCUT2D eigenvalue weighted by atomic mass is 10.1. The molecule has 5 heteroatoms. The van der Waals surface area contributed by atoms with E-state index in [1.807, 2.05) is 24.3 Å². The number of furan rings is 1. The molecule has 0 unspecified atom stereocenters. The highest BCUT2D eigenvalue weighted by atomic mass is 16.3. The molecular formula is C15H14N4O. The normalized spacial score (nSPS) is 11.4. The Labute approximate surface area is 115 Å². The Morgan fingerprint density at radius 2 is 1.90 bits per heavy atom. The van der Waals surface area contributed by atoms with Crippen LogP contribution in [0, 0.1) is 0 Å². The molecule has 3 rings (SSSR count). The lowest BCUT2D eigenvalue weighted by Crippen LogP contribution is -1.99. The number of rotatable bonds is 3. The number of nitrogens with two attached hydrogens (primary N) is 2. The molecule has 0 saturated heterocycles. The van der Waals surface area contributed by atoms with Gasteiger partial charge in [0.1, 0.15) is 12.1 Å². The lowest BCUT2D eigenvalue weighted by Gasteiger charge is -1.97. The molecule has 0 radical (unpaired) electrons. The zero-order chi connectivity index (χ0) is 13.9. The van der Waals surface area contributed by atoms with Crippen molar-refractivity contribution < 1.29 is 4.42 Å². The fourth-order valence-electron chi connectivity index (χ4n) is 2.07. The first-order valence-corrected chi connectivity index (χ1v) is 6.24. The zero-order valence-electron chi connectivity index (χ0n) is 10.8. The van der Waals surface area contributed by atoms with E-state index >= 15 is 0 Å². The number of anilines is 2. The standard InChI is InChI=1S/C15H14N4O/c16-13-12-11(9-20-14(12)19-15(17)18-13)8-4-7-10-5-2-1-3-6-10/h1-6,8-9H,7H2,(H4,16,17,18,19). The van der Waals surface area contributed by atoms with Gasteiger partial charge >= 0.3 is 0 Å². The van der Waals surface area contributed by atoms with E-state index < -0.39 is 0 Å². The predicted molar refractivity (Wildman–Crippen MR) is 79.8 cm³/mol. The van der Waals surface area contributed by atoms with Gasteiger partial charge in [0.05, 0.1) is 5.39 Å². The highest BCUT2D eigenvalue weighted by molar-refractivity contribution is 5.93. The maximum atomic E-state index is 5.86. The van der Waals surface area contributed by atoms with E-state index in [1.54, 1.807) is 6.26 Å². The molecule has 0 spiro atoms. The van der Waals surface area contributed by atoms with Crippen molar-refractivity contribution in [2.45, 2.75) is 6.42 Å². The third kappa shape index (κ3) is 2.33. The van der Waals surface area contributed by atoms with Gasteiger partial charge < -0.3 is 15.9 Å². The highest BCUT2D eigenvalue weighted by Crippen LogP contribution is 2.26. The van der Waals surface area contributed by atoms with E-state index in [2.05, 4.69) is 28.2 Å². The predicted octanol–water partition coefficient (Wildman–Crippen LogP) is 2.64. The van der Waals surface area contributed by atoms with Crippen molar-refractivity contribution in [1.82, 2.24) is 9.97 Å². The summed E-state index contributed by atoms with van der Waals surface area (Å²) in [5.41, 5.74) is 13.9. The summed E-state index contributed by atoms with van der Waals surface area (Å²) in [6.07, 6.45) is 6.45. The van der Waals surface area contributed by atoms with Gasteiger partial charge in [-0.25, -0.2) is 0 Å². The second-order valence-corrected chi connectivity index (χ2v) is 4.43. The Hall–Kier alpha value is -2.82. The van der Waals surface area contributed by atoms with E-state index in [4.69, 9.17) is 15.9 Å². The molecule has 0 aliphatic heterocycles. The van der Waals surface area contributed by atoms with Crippen LogP contribution in [-0.2, 0) is 6.42 Å². The van der Waals surface area contributed by atoms with Crippen LogP contribution in [-0.4, -0.2) is 9.97 Å². The fourth-order valence-corrected chi connectivity index (χ4v) is 2.07. The minimum atomic E-state index is 0.115. The van der Waals surface area contributed by atoms with Crippen molar-refractivity contribution in [3.63, 3.8) is 0 Å². The molecule has 4 N–H and O–H groups in total. The molecule has 0 aliphatic carbocycles. The summed E-state index contributed by atoms with van der Waals surface area (Å²) in [6, 6.07) is 10.2. The molecule has 2 heterocycles. The first-order valence-electron chi connectivity index (χ1n) is 6.24. The van der Waals surface area contributed by atoms with Crippen LogP contribution in [0.15, 0.2) is 47.1 Å². The minimum absolute atomic E-state index is 0.115. The molecule has 5 nitrogen and oxygen atoms in total. The van der Waals surface area contributed by atoms with Crippen LogP contribution in [0.25, 0.3) is 17.2 Å². The summed E-state index contributed by atoms with van der Waals surface area (Å²) in [5, 5.41) is 0.698. The molecule has 2 aromatic heterocycles. The van der Waals surface area contributed by atoms with Crippen LogP contribution in [0.1, 0.15) is 11.1 Å². The topological polar surface area (TPSA) is 91.0 Å². The molecule has 0 aliphatic rings. The van der Waals surface area contributed by atoms with Crippen molar-refractivity contribution in [2.24, 2.45) is 0 Å². The first kappa shape index (κ1) is 12.2. The number of nitrogens with zero attached hydrogens (tertiary/aromatic N) is 2. The number of fused-ring (bicyclic) bond motifs is 1. The summed E-state index contributed by atoms with van der Waals surface area (Å²) in [7, 11) is 0. The van der Waals surface area contributed by atoms with Crippen molar-refractivity contribution in [2.75, 3.05) is 11.5 Å². The van der Waals surface area contributed by atoms with Crippen LogP contribution < -0.4 is 11.5 Å². The van der Waals surface area contributed by atoms with Crippen LogP contribution in [0.2, 0.25) is 0 Å². The van der Waals surface area contributed by atoms with E-state index in [0.717, 1.165) is 12.0 Å². The zero-order valence-corrected chi connectivity index (χ0v) is 10.8. The largest absolute Gasteiger partial charge is 0.445 e. The second kappa shape index (κ2) is 5.05. The molecule has 100 valence electrons. The van der Waals surface area contributed by atoms with Gasteiger partial charge in [-0.1, -0.05) is 42.5 Å². The van der Waals surface area contributed by atoms with Crippen molar-refractivity contribution in [3.05, 3.63) is 53.8 Å². The molecule has 0 fully saturated rings. The van der Waals surface area contributed by atoms with Gasteiger partial charge in [-0.2, -0.15) is 9.97 Å². The fraction of sp³-hybridized carbons (Fsp3) is 0.0667. The minimum Gasteiger partial charge on any atom is -0.445 e. The van der Waals surface area contributed by atoms with Crippen molar-refractivity contribution >= 4 is 28.9 Å². The number of nitrogen functional groups attached to an aromatic ring is 2. The molecule has 0 atom stereocenters. The van der Waals surface area contributed by atoms with Crippen LogP contribution in [0.4, 0.5) is 11.8 Å². The summed E-state index contributed by atoms with van der Waals surface area (Å²) in [6.45, 7) is 0. The first-order chi connectivity index (χ1) is 9.74. The van der Waals surface area contributed by atoms with Gasteiger partial charge in [-0.05, 0) is 12.0 Å². The van der Waals surface area contributed by atoms with Gasteiger partial charge in [0, 0.05) is 5.56 Å². The molecular weight excluding hydrogens is 252 g/mol. The summed E-state index contributed by atoms with van der Waals surface area (Å²) < 4.78 is 5.35. The molecule has 0 amide bonds. The Morgan fingerprint density at radius 3 is 2.70 bits per heavy atom. The summed E-state index contributed by atoms with van der Waals surface area (Å²) >= 11 is 0. The highest BCUT2D eigenvalue weighted by Gasteiger charge is 2.10. The average molecular weight is 266 g/mol. The number of aromatic nitrogens is 2. The van der Waals surface area contributed by atoms with Crippen molar-refractivity contribution in [1.29, 1.82) is 0 Å². The van der Waals surface area contributed by atoms with Gasteiger partial charge in [0.2, 0.25) is 11.7 Å². The molecule has 3 aromatic rings. The van der Waals surface area contributed by atoms with Crippen molar-refractivity contribution in [3.8, 4) is 0 Å². The van der Waals surface area contributed by atoms with E-state index in [1.165, 1.54) is 5.56 Å². The average Bonchev–Trinajstić information content (AvgIpc) is 2.83. The Bertz CT molecular complexity index is 762. The Morgan fingerprint density at radius 1 is 1.10 bits per heavy atom. The Kier molecular flexibility index (Phi) is 3.09. The number of allylic oxidation sites excluding steroid dienone is 1. The summed E-state index contributed by atoms with van der Waals surface area (Å²) in [4.78, 5) is 7.96. The van der Waals surface area contributed by atoms with E-state index in [-0.39, 0.29) is 5.95 Å². The number of hydrogen-bond acceptors (Lipinski definition) is 5. The molecule has 0 bridgehead atoms. The lowest BCUT2D eigenvalue weighted by molar-refractivity contribution is 0.602. The number of hydrogen-bond donors (Lipinski definition) is 2. The van der Waals surface area contributed by atoms with E-state index in [9.17, 15) is 0 Å². The number of benzene rings is 1. The van der Waals surface area contributed by atoms with Crippen LogP contribution in [0.3, 0.4) is 0 Å². The van der Waals surface area contributed by atoms with Gasteiger partial charge in [0.15, 0.2) is 0 Å². The Balaban J connectivity index is 1.88. The molecule has 1 aromatic carbocycles. The van der Waals surface area contributed by atoms with Gasteiger partial charge in [-0.3, -0.25) is 0 Å². The molecule has 20 heavy (non-hydrogen) atoms. The quantitative estimate of drug-likeness (QED) is 0.760. The maximum absolute atomic E-state index is 5.86. The monoisotopic (exact) mass is 266 g/mol. The van der Waals surface area contributed by atoms with Gasteiger partial charge in [0.25, 0.3) is 0 Å². The third-order valence-electron chi connectivity index (χ3n) is 3.00. The smallest absolute Gasteiger partial charge is 0.233 e. The van der Waals surface area contributed by atoms with Gasteiger partial charge in [-0.15, -0.1) is 0 Å². The maximum Gasteiger partial charge on any atom is 0.233 e.